The number of furan rings is 1. The van der Waals surface area contributed by atoms with Crippen molar-refractivity contribution >= 4 is 22.7 Å². The van der Waals surface area contributed by atoms with Gasteiger partial charge in [-0.2, -0.15) is 0 Å². The highest BCUT2D eigenvalue weighted by Gasteiger charge is 2.13. The molecule has 3 nitrogen and oxygen atoms in total. The van der Waals surface area contributed by atoms with E-state index in [1.165, 1.54) is 4.90 Å². The minimum absolute atomic E-state index is 0.374. The van der Waals surface area contributed by atoms with Crippen LogP contribution in [-0.4, -0.2) is 6.26 Å². The van der Waals surface area contributed by atoms with Crippen molar-refractivity contribution in [2.75, 3.05) is 6.26 Å². The van der Waals surface area contributed by atoms with Gasteiger partial charge < -0.3 is 14.9 Å². The molecule has 0 bridgehead atoms. The molecule has 2 N–H and O–H groups in total. The van der Waals surface area contributed by atoms with Crippen LogP contribution in [-0.2, 0) is 13.2 Å². The zero-order valence-corrected chi connectivity index (χ0v) is 12.7. The summed E-state index contributed by atoms with van der Waals surface area (Å²) in [5, 5.41) is 1.07. The van der Waals surface area contributed by atoms with E-state index < -0.39 is 0 Å². The summed E-state index contributed by atoms with van der Waals surface area (Å²) in [7, 11) is 0. The van der Waals surface area contributed by atoms with Gasteiger partial charge in [0.2, 0.25) is 0 Å². The third kappa shape index (κ3) is 2.91. The third-order valence-corrected chi connectivity index (χ3v) is 4.15. The molecule has 4 heteroatoms. The molecule has 0 unspecified atom stereocenters. The van der Waals surface area contributed by atoms with Crippen LogP contribution in [0.4, 0.5) is 0 Å². The molecular formula is C17H17NO2S. The van der Waals surface area contributed by atoms with E-state index >= 15 is 0 Å². The lowest BCUT2D eigenvalue weighted by Gasteiger charge is -2.07. The van der Waals surface area contributed by atoms with Gasteiger partial charge >= 0.3 is 0 Å². The smallest absolute Gasteiger partial charge is 0.134 e. The molecule has 0 fully saturated rings. The summed E-state index contributed by atoms with van der Waals surface area (Å²) < 4.78 is 11.6. The first-order valence-electron chi connectivity index (χ1n) is 6.78. The Bertz CT molecular complexity index is 734. The molecule has 0 aliphatic carbocycles. The minimum Gasteiger partial charge on any atom is -0.489 e. The fourth-order valence-corrected chi connectivity index (χ4v) is 2.71. The second kappa shape index (κ2) is 6.24. The van der Waals surface area contributed by atoms with Crippen LogP contribution in [0.15, 0.2) is 57.8 Å². The van der Waals surface area contributed by atoms with Crippen molar-refractivity contribution in [3.8, 4) is 5.75 Å². The van der Waals surface area contributed by atoms with E-state index in [2.05, 4.69) is 18.4 Å². The average molecular weight is 299 g/mol. The second-order valence-electron chi connectivity index (χ2n) is 4.67. The van der Waals surface area contributed by atoms with E-state index in [0.717, 1.165) is 28.0 Å². The maximum atomic E-state index is 5.88. The zero-order chi connectivity index (χ0) is 14.7. The highest BCUT2D eigenvalue weighted by Crippen LogP contribution is 2.27. The van der Waals surface area contributed by atoms with Gasteiger partial charge in [-0.15, -0.1) is 11.8 Å². The molecule has 0 saturated carbocycles. The predicted molar refractivity (Wildman–Crippen MR) is 86.7 cm³/mol. The summed E-state index contributed by atoms with van der Waals surface area (Å²) in [5.74, 6) is 1.64. The fourth-order valence-electron chi connectivity index (χ4n) is 2.30. The molecule has 0 atom stereocenters. The Hall–Kier alpha value is -1.91. The normalized spacial score (nSPS) is 11.0. The Morgan fingerprint density at radius 2 is 1.86 bits per heavy atom. The zero-order valence-electron chi connectivity index (χ0n) is 11.8. The second-order valence-corrected chi connectivity index (χ2v) is 5.55. The number of benzene rings is 2. The molecule has 0 aliphatic heterocycles. The highest BCUT2D eigenvalue weighted by molar-refractivity contribution is 7.98. The van der Waals surface area contributed by atoms with Crippen LogP contribution in [0.3, 0.4) is 0 Å². The van der Waals surface area contributed by atoms with Gasteiger partial charge in [-0.05, 0) is 36.6 Å². The number of rotatable bonds is 5. The quantitative estimate of drug-likeness (QED) is 0.718. The molecule has 0 spiro atoms. The first-order valence-corrected chi connectivity index (χ1v) is 8.00. The van der Waals surface area contributed by atoms with Crippen molar-refractivity contribution in [3.63, 3.8) is 0 Å². The maximum absolute atomic E-state index is 5.88. The van der Waals surface area contributed by atoms with Gasteiger partial charge in [-0.3, -0.25) is 0 Å². The molecule has 1 heterocycles. The third-order valence-electron chi connectivity index (χ3n) is 3.41. The predicted octanol–water partition coefficient (Wildman–Crippen LogP) is 4.19. The van der Waals surface area contributed by atoms with Crippen molar-refractivity contribution < 1.29 is 9.15 Å². The number of hydrogen-bond acceptors (Lipinski definition) is 4. The Balaban J connectivity index is 1.83. The molecule has 3 rings (SSSR count). The highest BCUT2D eigenvalue weighted by atomic mass is 32.2. The van der Waals surface area contributed by atoms with Gasteiger partial charge in [0.25, 0.3) is 0 Å². The molecule has 2 aromatic carbocycles. The minimum atomic E-state index is 0.374. The van der Waals surface area contributed by atoms with Crippen molar-refractivity contribution in [2.24, 2.45) is 5.73 Å². The standard InChI is InChI=1S/C17H17NO2S/c1-21-13-8-6-12(7-9-13)19-11-15-14-4-2-3-5-16(14)20-17(15)10-18/h2-9H,10-11,18H2,1H3. The lowest BCUT2D eigenvalue weighted by Crippen LogP contribution is -2.02. The first kappa shape index (κ1) is 14.0. The summed E-state index contributed by atoms with van der Waals surface area (Å²) in [4.78, 5) is 1.22. The summed E-state index contributed by atoms with van der Waals surface area (Å²) in [6, 6.07) is 16.0. The Kier molecular flexibility index (Phi) is 4.18. The molecule has 21 heavy (non-hydrogen) atoms. The van der Waals surface area contributed by atoms with Crippen LogP contribution in [0.25, 0.3) is 11.0 Å². The summed E-state index contributed by atoms with van der Waals surface area (Å²) >= 11 is 1.71. The van der Waals surface area contributed by atoms with E-state index in [9.17, 15) is 0 Å². The summed E-state index contributed by atoms with van der Waals surface area (Å²) in [6.45, 7) is 0.834. The van der Waals surface area contributed by atoms with Crippen molar-refractivity contribution in [3.05, 3.63) is 59.9 Å². The van der Waals surface area contributed by atoms with Crippen LogP contribution >= 0.6 is 11.8 Å². The molecule has 0 aliphatic rings. The van der Waals surface area contributed by atoms with Crippen LogP contribution in [0, 0.1) is 0 Å². The Morgan fingerprint density at radius 1 is 1.10 bits per heavy atom. The van der Waals surface area contributed by atoms with Crippen molar-refractivity contribution in [1.29, 1.82) is 0 Å². The number of thioether (sulfide) groups is 1. The molecule has 3 aromatic rings. The van der Waals surface area contributed by atoms with Crippen molar-refractivity contribution in [2.45, 2.75) is 18.0 Å². The number of hydrogen-bond donors (Lipinski definition) is 1. The van der Waals surface area contributed by atoms with E-state index in [4.69, 9.17) is 14.9 Å². The number of ether oxygens (including phenoxy) is 1. The number of fused-ring (bicyclic) bond motifs is 1. The van der Waals surface area contributed by atoms with Crippen LogP contribution in [0.5, 0.6) is 5.75 Å². The number of nitrogens with two attached hydrogens (primary N) is 1. The lowest BCUT2D eigenvalue weighted by atomic mass is 10.1. The van der Waals surface area contributed by atoms with Gasteiger partial charge in [-0.1, -0.05) is 18.2 Å². The van der Waals surface area contributed by atoms with E-state index in [1.807, 2.05) is 36.4 Å². The Morgan fingerprint density at radius 3 is 2.57 bits per heavy atom. The molecular weight excluding hydrogens is 282 g/mol. The van der Waals surface area contributed by atoms with Gasteiger partial charge in [0.15, 0.2) is 0 Å². The van der Waals surface area contributed by atoms with Crippen LogP contribution in [0.2, 0.25) is 0 Å². The van der Waals surface area contributed by atoms with E-state index in [-0.39, 0.29) is 0 Å². The SMILES string of the molecule is CSc1ccc(OCc2c(CN)oc3ccccc23)cc1. The topological polar surface area (TPSA) is 48.4 Å². The van der Waals surface area contributed by atoms with E-state index in [1.54, 1.807) is 11.8 Å². The maximum Gasteiger partial charge on any atom is 0.134 e. The van der Waals surface area contributed by atoms with Crippen molar-refractivity contribution in [1.82, 2.24) is 0 Å². The summed E-state index contributed by atoms with van der Waals surface area (Å²) in [6.07, 6.45) is 2.06. The number of para-hydroxylation sites is 1. The lowest BCUT2D eigenvalue weighted by molar-refractivity contribution is 0.303. The molecule has 108 valence electrons. The van der Waals surface area contributed by atoms with Gasteiger partial charge in [0, 0.05) is 15.8 Å². The van der Waals surface area contributed by atoms with Crippen LogP contribution < -0.4 is 10.5 Å². The molecule has 0 amide bonds. The average Bonchev–Trinajstić information content (AvgIpc) is 2.91. The largest absolute Gasteiger partial charge is 0.489 e. The molecule has 0 saturated heterocycles. The molecule has 1 aromatic heterocycles. The Labute approximate surface area is 128 Å². The van der Waals surface area contributed by atoms with Gasteiger partial charge in [-0.25, -0.2) is 0 Å². The monoisotopic (exact) mass is 299 g/mol. The van der Waals surface area contributed by atoms with E-state index in [0.29, 0.717) is 13.2 Å². The van der Waals surface area contributed by atoms with Gasteiger partial charge in [0.05, 0.1) is 6.54 Å². The molecule has 0 radical (unpaired) electrons. The van der Waals surface area contributed by atoms with Gasteiger partial charge in [0.1, 0.15) is 23.7 Å². The fraction of sp³-hybridized carbons (Fsp3) is 0.176. The summed E-state index contributed by atoms with van der Waals surface area (Å²) in [5.41, 5.74) is 7.65. The first-order chi connectivity index (χ1) is 10.3. The van der Waals surface area contributed by atoms with Crippen LogP contribution in [0.1, 0.15) is 11.3 Å².